The number of carbonyl (C=O) groups is 1. The van der Waals surface area contributed by atoms with E-state index in [1.54, 1.807) is 54.3 Å². The van der Waals surface area contributed by atoms with Gasteiger partial charge >= 0.3 is 0 Å². The van der Waals surface area contributed by atoms with Crippen molar-refractivity contribution in [1.82, 2.24) is 25.0 Å². The highest BCUT2D eigenvalue weighted by atomic mass is 35.5. The predicted molar refractivity (Wildman–Crippen MR) is 134 cm³/mol. The van der Waals surface area contributed by atoms with Crippen LogP contribution in [0.4, 0.5) is 5.82 Å². The normalized spacial score (nSPS) is 10.7. The van der Waals surface area contributed by atoms with E-state index in [4.69, 9.17) is 11.6 Å². The summed E-state index contributed by atoms with van der Waals surface area (Å²) in [5.74, 6) is 0.204. The van der Waals surface area contributed by atoms with Crippen molar-refractivity contribution in [3.8, 4) is 28.5 Å². The van der Waals surface area contributed by atoms with Gasteiger partial charge in [0.05, 0.1) is 23.5 Å². The van der Waals surface area contributed by atoms with Gasteiger partial charge < -0.3 is 0 Å². The first-order valence-electron chi connectivity index (χ1n) is 10.6. The topological polar surface area (TPSA) is 99.2 Å². The third kappa shape index (κ3) is 4.16. The molecule has 0 aliphatic rings. The number of nitrogens with one attached hydrogen (secondary N) is 1. The van der Waals surface area contributed by atoms with Crippen LogP contribution in [0.5, 0.6) is 0 Å². The zero-order chi connectivity index (χ0) is 24.4. The van der Waals surface area contributed by atoms with E-state index in [0.29, 0.717) is 44.4 Å². The zero-order valence-electron chi connectivity index (χ0n) is 18.6. The molecule has 5 aromatic rings. The Hall–Kier alpha value is -4.74. The van der Waals surface area contributed by atoms with Gasteiger partial charge in [0.1, 0.15) is 11.4 Å². The van der Waals surface area contributed by atoms with Crippen LogP contribution in [0.2, 0.25) is 5.02 Å². The van der Waals surface area contributed by atoms with Crippen LogP contribution < -0.4 is 10.4 Å². The molecule has 1 N–H and O–H groups in total. The molecule has 0 bridgehead atoms. The van der Waals surface area contributed by atoms with Gasteiger partial charge in [0, 0.05) is 41.2 Å². The van der Waals surface area contributed by atoms with Gasteiger partial charge in [-0.2, -0.15) is 10.4 Å². The van der Waals surface area contributed by atoms with E-state index >= 15 is 0 Å². The highest BCUT2D eigenvalue weighted by Gasteiger charge is 2.21. The van der Waals surface area contributed by atoms with Crippen molar-refractivity contribution in [3.63, 3.8) is 0 Å². The second-order valence-corrected chi connectivity index (χ2v) is 8.10. The van der Waals surface area contributed by atoms with Gasteiger partial charge in [-0.1, -0.05) is 48.0 Å². The highest BCUT2D eigenvalue weighted by Crippen LogP contribution is 2.34. The van der Waals surface area contributed by atoms with E-state index in [0.717, 1.165) is 5.56 Å². The summed E-state index contributed by atoms with van der Waals surface area (Å²) in [5, 5.41) is 16.3. The van der Waals surface area contributed by atoms with Crippen molar-refractivity contribution in [2.24, 2.45) is 0 Å². The predicted octanol–water partition coefficient (Wildman–Crippen LogP) is 4.76. The van der Waals surface area contributed by atoms with Gasteiger partial charge in [-0.05, 0) is 30.3 Å². The average Bonchev–Trinajstić information content (AvgIpc) is 3.33. The van der Waals surface area contributed by atoms with Gasteiger partial charge in [0.15, 0.2) is 5.65 Å². The Kier molecular flexibility index (Phi) is 5.83. The molecule has 5 rings (SSSR count). The SMILES string of the molecule is CN(NC(=O)c1cnn2c(-c3ccc(Cl)cc3)c(-c3ccccc3C#N)cnc12)c1ccccn1. The zero-order valence-corrected chi connectivity index (χ0v) is 19.3. The average molecular weight is 480 g/mol. The molecule has 0 spiro atoms. The Morgan fingerprint density at radius 1 is 1.00 bits per heavy atom. The van der Waals surface area contributed by atoms with Crippen LogP contribution in [0.25, 0.3) is 28.0 Å². The number of hydrogen-bond donors (Lipinski definition) is 1. The Morgan fingerprint density at radius 3 is 2.51 bits per heavy atom. The molecule has 0 unspecified atom stereocenters. The maximum absolute atomic E-state index is 13.1. The number of amides is 1. The van der Waals surface area contributed by atoms with Gasteiger partial charge in [-0.25, -0.2) is 14.5 Å². The number of hydrazine groups is 1. The number of halogens is 1. The number of anilines is 1. The van der Waals surface area contributed by atoms with Crippen molar-refractivity contribution in [2.75, 3.05) is 12.1 Å². The molecule has 0 fully saturated rings. The number of fused-ring (bicyclic) bond motifs is 1. The minimum absolute atomic E-state index is 0.295. The Balaban J connectivity index is 1.64. The summed E-state index contributed by atoms with van der Waals surface area (Å²) in [4.78, 5) is 21.9. The summed E-state index contributed by atoms with van der Waals surface area (Å²) in [5.41, 5.74) is 6.89. The molecule has 0 aliphatic heterocycles. The Bertz CT molecular complexity index is 1570. The second kappa shape index (κ2) is 9.25. The summed E-state index contributed by atoms with van der Waals surface area (Å²) in [6, 6.07) is 22.2. The molecule has 0 aliphatic carbocycles. The standard InChI is InChI=1S/C26H18ClN7O/c1-33(23-8-4-5-13-29-23)32-26(35)22-16-31-34-24(17-9-11-19(27)12-10-17)21(15-30-25(22)34)20-7-3-2-6-18(20)14-28/h2-13,15-16H,1H3,(H,32,35). The first-order valence-corrected chi connectivity index (χ1v) is 11.0. The van der Waals surface area contributed by atoms with Crippen molar-refractivity contribution < 1.29 is 4.79 Å². The Morgan fingerprint density at radius 2 is 1.77 bits per heavy atom. The smallest absolute Gasteiger partial charge is 0.271 e. The van der Waals surface area contributed by atoms with E-state index in [2.05, 4.69) is 26.6 Å². The van der Waals surface area contributed by atoms with Crippen molar-refractivity contribution >= 4 is 29.0 Å². The first kappa shape index (κ1) is 22.1. The molecular weight excluding hydrogens is 462 g/mol. The first-order chi connectivity index (χ1) is 17.1. The minimum atomic E-state index is -0.382. The summed E-state index contributed by atoms with van der Waals surface area (Å²) in [7, 11) is 1.70. The van der Waals surface area contributed by atoms with Crippen LogP contribution in [0.3, 0.4) is 0 Å². The summed E-state index contributed by atoms with van der Waals surface area (Å²) < 4.78 is 1.61. The molecule has 9 heteroatoms. The molecule has 0 atom stereocenters. The molecular formula is C26H18ClN7O. The maximum Gasteiger partial charge on any atom is 0.275 e. The fourth-order valence-corrected chi connectivity index (χ4v) is 3.94. The van der Waals surface area contributed by atoms with Crippen molar-refractivity contribution in [3.05, 3.63) is 101 Å². The van der Waals surface area contributed by atoms with E-state index < -0.39 is 0 Å². The third-order valence-electron chi connectivity index (χ3n) is 5.49. The van der Waals surface area contributed by atoms with Gasteiger partial charge in [0.25, 0.3) is 5.91 Å². The molecule has 3 aromatic heterocycles. The number of pyridine rings is 1. The fourth-order valence-electron chi connectivity index (χ4n) is 3.81. The van der Waals surface area contributed by atoms with Gasteiger partial charge in [0.2, 0.25) is 0 Å². The molecule has 0 radical (unpaired) electrons. The lowest BCUT2D eigenvalue weighted by atomic mass is 9.97. The minimum Gasteiger partial charge on any atom is -0.271 e. The Labute approximate surface area is 206 Å². The lowest BCUT2D eigenvalue weighted by molar-refractivity contribution is 0.0952. The van der Waals surface area contributed by atoms with Crippen LogP contribution in [0.15, 0.2) is 85.3 Å². The summed E-state index contributed by atoms with van der Waals surface area (Å²) in [6.45, 7) is 0. The molecule has 35 heavy (non-hydrogen) atoms. The number of nitrogens with zero attached hydrogens (tertiary/aromatic N) is 6. The molecule has 170 valence electrons. The lowest BCUT2D eigenvalue weighted by Gasteiger charge is -2.18. The van der Waals surface area contributed by atoms with Crippen molar-refractivity contribution in [2.45, 2.75) is 0 Å². The second-order valence-electron chi connectivity index (χ2n) is 7.67. The number of carbonyl (C=O) groups excluding carboxylic acids is 1. The van der Waals surface area contributed by atoms with Crippen LogP contribution in [-0.4, -0.2) is 32.5 Å². The van der Waals surface area contributed by atoms with E-state index in [1.807, 2.05) is 36.4 Å². The highest BCUT2D eigenvalue weighted by molar-refractivity contribution is 6.30. The third-order valence-corrected chi connectivity index (χ3v) is 5.74. The summed E-state index contributed by atoms with van der Waals surface area (Å²) in [6.07, 6.45) is 4.79. The molecule has 2 aromatic carbocycles. The number of nitriles is 1. The molecule has 3 heterocycles. The van der Waals surface area contributed by atoms with Crippen LogP contribution in [0, 0.1) is 11.3 Å². The van der Waals surface area contributed by atoms with Gasteiger partial charge in [-0.3, -0.25) is 15.2 Å². The van der Waals surface area contributed by atoms with Gasteiger partial charge in [-0.15, -0.1) is 0 Å². The molecule has 1 amide bonds. The number of rotatable bonds is 5. The quantitative estimate of drug-likeness (QED) is 0.365. The lowest BCUT2D eigenvalue weighted by Crippen LogP contribution is -2.39. The van der Waals surface area contributed by atoms with Crippen LogP contribution >= 0.6 is 11.6 Å². The molecule has 0 saturated heterocycles. The monoisotopic (exact) mass is 479 g/mol. The molecule has 0 saturated carbocycles. The fraction of sp³-hybridized carbons (Fsp3) is 0.0385. The summed E-state index contributed by atoms with van der Waals surface area (Å²) >= 11 is 6.13. The largest absolute Gasteiger partial charge is 0.275 e. The number of hydrogen-bond acceptors (Lipinski definition) is 6. The van der Waals surface area contributed by atoms with E-state index in [1.165, 1.54) is 11.2 Å². The maximum atomic E-state index is 13.1. The van der Waals surface area contributed by atoms with E-state index in [-0.39, 0.29) is 5.91 Å². The number of benzene rings is 2. The molecule has 8 nitrogen and oxygen atoms in total. The van der Waals surface area contributed by atoms with E-state index in [9.17, 15) is 10.1 Å². The van der Waals surface area contributed by atoms with Crippen molar-refractivity contribution in [1.29, 1.82) is 5.26 Å². The van der Waals surface area contributed by atoms with Crippen LogP contribution in [0.1, 0.15) is 15.9 Å². The number of aromatic nitrogens is 4. The van der Waals surface area contributed by atoms with Crippen LogP contribution in [-0.2, 0) is 0 Å².